The van der Waals surface area contributed by atoms with E-state index in [4.69, 9.17) is 4.74 Å². The van der Waals surface area contributed by atoms with Crippen LogP contribution < -0.4 is 9.75 Å². The van der Waals surface area contributed by atoms with Gasteiger partial charge in [-0.3, -0.25) is 0 Å². The highest BCUT2D eigenvalue weighted by atomic mass is 32.1. The monoisotopic (exact) mass is 473 g/mol. The van der Waals surface area contributed by atoms with Gasteiger partial charge < -0.3 is 9.84 Å². The van der Waals surface area contributed by atoms with Crippen LogP contribution in [0.25, 0.3) is 11.3 Å². The number of alkyl halides is 3. The Bertz CT molecular complexity index is 1160. The van der Waals surface area contributed by atoms with Gasteiger partial charge in [-0.25, -0.2) is 4.98 Å². The molecule has 1 fully saturated rings. The first-order valence-corrected chi connectivity index (χ1v) is 11.5. The van der Waals surface area contributed by atoms with Crippen LogP contribution in [0.4, 0.5) is 18.3 Å². The van der Waals surface area contributed by atoms with Crippen molar-refractivity contribution in [2.45, 2.75) is 37.1 Å². The molecular formula is C24H22F3N3O2S. The van der Waals surface area contributed by atoms with Crippen LogP contribution in [-0.2, 0) is 0 Å². The maximum absolute atomic E-state index is 14.4. The van der Waals surface area contributed by atoms with E-state index in [2.05, 4.69) is 10.1 Å². The third-order valence-corrected chi connectivity index (χ3v) is 7.27. The Labute approximate surface area is 193 Å². The van der Waals surface area contributed by atoms with Gasteiger partial charge in [0.05, 0.1) is 18.7 Å². The molecule has 1 saturated carbocycles. The van der Waals surface area contributed by atoms with E-state index in [9.17, 15) is 18.3 Å². The van der Waals surface area contributed by atoms with Crippen LogP contribution in [-0.4, -0.2) is 34.8 Å². The van der Waals surface area contributed by atoms with E-state index in [0.717, 1.165) is 22.5 Å². The van der Waals surface area contributed by atoms with E-state index in [0.29, 0.717) is 35.0 Å². The molecule has 5 nitrogen and oxygen atoms in total. The largest absolute Gasteiger partial charge is 0.497 e. The molecule has 1 aromatic heterocycles. The highest BCUT2D eigenvalue weighted by Gasteiger charge is 2.68. The first kappa shape index (κ1) is 21.9. The van der Waals surface area contributed by atoms with Gasteiger partial charge in [0, 0.05) is 16.7 Å². The number of fused-ring (bicyclic) bond motifs is 1. The van der Waals surface area contributed by atoms with Gasteiger partial charge in [0.2, 0.25) is 5.13 Å². The normalized spacial score (nSPS) is 25.0. The third-order valence-electron chi connectivity index (χ3n) is 6.46. The minimum absolute atomic E-state index is 0.0128. The average molecular weight is 474 g/mol. The predicted octanol–water partition coefficient (Wildman–Crippen LogP) is 5.83. The fourth-order valence-corrected chi connectivity index (χ4v) is 5.53. The van der Waals surface area contributed by atoms with E-state index < -0.39 is 17.8 Å². The Morgan fingerprint density at radius 3 is 2.52 bits per heavy atom. The summed E-state index contributed by atoms with van der Waals surface area (Å²) >= 11 is 1.03. The quantitative estimate of drug-likeness (QED) is 0.518. The summed E-state index contributed by atoms with van der Waals surface area (Å²) in [6.07, 6.45) is -3.65. The molecule has 1 aliphatic carbocycles. The summed E-state index contributed by atoms with van der Waals surface area (Å²) in [5.74, 6) is -0.552. The van der Waals surface area contributed by atoms with Crippen molar-refractivity contribution in [2.75, 3.05) is 12.1 Å². The second kappa shape index (κ2) is 8.14. The van der Waals surface area contributed by atoms with Crippen molar-refractivity contribution < 1.29 is 23.0 Å². The van der Waals surface area contributed by atoms with Crippen LogP contribution in [0.15, 0.2) is 65.1 Å². The number of hydrogen-bond donors (Lipinski definition) is 1. The standard InChI is InChI=1S/C24H22F3N3O2S/c1-32-18-10-7-16(8-11-18)21-14-33-22(28-21)30-23(31,24(25,26)27)19-13-17(9-12-20(19)29-30)15-5-3-2-4-6-15/h2-8,10-11,14,17,19,31H,9,12-13H2,1H3/t17-,19+,23+/m1/s1. The first-order chi connectivity index (χ1) is 15.8. The molecule has 3 atom stereocenters. The van der Waals surface area contributed by atoms with Gasteiger partial charge >= 0.3 is 6.18 Å². The zero-order chi connectivity index (χ0) is 23.2. The number of rotatable bonds is 4. The molecule has 9 heteroatoms. The minimum Gasteiger partial charge on any atom is -0.497 e. The SMILES string of the molecule is COc1ccc(-c2csc(N3N=C4CC[C@@H](c5ccccc5)C[C@@H]4[C@]3(O)C(F)(F)F)n2)cc1. The van der Waals surface area contributed by atoms with E-state index >= 15 is 0 Å². The van der Waals surface area contributed by atoms with Gasteiger partial charge in [-0.1, -0.05) is 30.3 Å². The summed E-state index contributed by atoms with van der Waals surface area (Å²) in [4.78, 5) is 4.40. The number of ether oxygens (including phenoxy) is 1. The van der Waals surface area contributed by atoms with E-state index in [1.165, 1.54) is 0 Å². The van der Waals surface area contributed by atoms with Crippen molar-refractivity contribution in [3.8, 4) is 17.0 Å². The fourth-order valence-electron chi connectivity index (χ4n) is 4.69. The maximum Gasteiger partial charge on any atom is 0.439 e. The van der Waals surface area contributed by atoms with Crippen LogP contribution in [0, 0.1) is 5.92 Å². The van der Waals surface area contributed by atoms with E-state index in [1.807, 2.05) is 30.3 Å². The summed E-state index contributed by atoms with van der Waals surface area (Å²) in [7, 11) is 1.56. The highest BCUT2D eigenvalue weighted by molar-refractivity contribution is 7.14. The van der Waals surface area contributed by atoms with Gasteiger partial charge in [0.15, 0.2) is 0 Å². The number of aromatic nitrogens is 1. The van der Waals surface area contributed by atoms with Crippen LogP contribution in [0.2, 0.25) is 0 Å². The molecule has 33 heavy (non-hydrogen) atoms. The molecule has 3 aromatic rings. The number of anilines is 1. The molecule has 2 heterocycles. The molecule has 5 rings (SSSR count). The number of aliphatic hydroxyl groups is 1. The van der Waals surface area contributed by atoms with Crippen LogP contribution in [0.5, 0.6) is 5.75 Å². The molecule has 1 aliphatic heterocycles. The number of nitrogens with zero attached hydrogens (tertiary/aromatic N) is 3. The van der Waals surface area contributed by atoms with Crippen molar-refractivity contribution in [3.05, 3.63) is 65.5 Å². The number of halogens is 3. The summed E-state index contributed by atoms with van der Waals surface area (Å²) in [6, 6.07) is 16.6. The van der Waals surface area contributed by atoms with E-state index in [1.54, 1.807) is 36.8 Å². The van der Waals surface area contributed by atoms with Gasteiger partial charge in [-0.15, -0.1) is 11.3 Å². The van der Waals surface area contributed by atoms with Crippen molar-refractivity contribution >= 4 is 22.2 Å². The van der Waals surface area contributed by atoms with Crippen LogP contribution in [0.1, 0.15) is 30.7 Å². The maximum atomic E-state index is 14.4. The van der Waals surface area contributed by atoms with E-state index in [-0.39, 0.29) is 17.5 Å². The van der Waals surface area contributed by atoms with Gasteiger partial charge in [0.1, 0.15) is 5.75 Å². The summed E-state index contributed by atoms with van der Waals surface area (Å²) in [5.41, 5.74) is -0.523. The molecule has 0 amide bonds. The molecule has 2 aliphatic rings. The number of methoxy groups -OCH3 is 1. The Hall–Kier alpha value is -2.91. The van der Waals surface area contributed by atoms with Crippen molar-refractivity contribution in [3.63, 3.8) is 0 Å². The number of hydrazone groups is 1. The van der Waals surface area contributed by atoms with Crippen LogP contribution >= 0.6 is 11.3 Å². The van der Waals surface area contributed by atoms with Crippen molar-refractivity contribution in [2.24, 2.45) is 11.0 Å². The average Bonchev–Trinajstić information content (AvgIpc) is 3.43. The Morgan fingerprint density at radius 2 is 1.85 bits per heavy atom. The summed E-state index contributed by atoms with van der Waals surface area (Å²) < 4.78 is 48.3. The molecule has 0 unspecified atom stereocenters. The second-order valence-corrected chi connectivity index (χ2v) is 9.14. The Morgan fingerprint density at radius 1 is 1.12 bits per heavy atom. The van der Waals surface area contributed by atoms with Gasteiger partial charge in [0.25, 0.3) is 5.72 Å². The van der Waals surface area contributed by atoms with Gasteiger partial charge in [-0.2, -0.15) is 23.3 Å². The molecule has 0 spiro atoms. The summed E-state index contributed by atoms with van der Waals surface area (Å²) in [6.45, 7) is 0. The van der Waals surface area contributed by atoms with Crippen molar-refractivity contribution in [1.82, 2.24) is 4.98 Å². The molecule has 0 bridgehead atoms. The van der Waals surface area contributed by atoms with Crippen LogP contribution in [0.3, 0.4) is 0 Å². The third kappa shape index (κ3) is 3.69. The highest BCUT2D eigenvalue weighted by Crippen LogP contribution is 2.52. The zero-order valence-electron chi connectivity index (χ0n) is 17.8. The Kier molecular flexibility index (Phi) is 5.41. The lowest BCUT2D eigenvalue weighted by Crippen LogP contribution is -2.60. The number of hydrogen-bond acceptors (Lipinski definition) is 6. The zero-order valence-corrected chi connectivity index (χ0v) is 18.6. The number of benzene rings is 2. The molecule has 0 saturated heterocycles. The summed E-state index contributed by atoms with van der Waals surface area (Å²) in [5, 5.41) is 17.8. The Balaban J connectivity index is 1.48. The second-order valence-electron chi connectivity index (χ2n) is 8.31. The van der Waals surface area contributed by atoms with Gasteiger partial charge in [-0.05, 0) is 55.0 Å². The first-order valence-electron chi connectivity index (χ1n) is 10.6. The smallest absolute Gasteiger partial charge is 0.439 e. The van der Waals surface area contributed by atoms with Crippen molar-refractivity contribution in [1.29, 1.82) is 0 Å². The topological polar surface area (TPSA) is 58.0 Å². The number of thiazole rings is 1. The predicted molar refractivity (Wildman–Crippen MR) is 122 cm³/mol. The molecule has 172 valence electrons. The molecular weight excluding hydrogens is 451 g/mol. The lowest BCUT2D eigenvalue weighted by atomic mass is 9.73. The molecule has 1 N–H and O–H groups in total. The lowest BCUT2D eigenvalue weighted by molar-refractivity contribution is -0.269. The molecule has 0 radical (unpaired) electrons. The lowest BCUT2D eigenvalue weighted by Gasteiger charge is -2.39. The minimum atomic E-state index is -4.91. The molecule has 2 aromatic carbocycles. The fraction of sp³-hybridized carbons (Fsp3) is 0.333.